The molecule has 1 aromatic carbocycles. The Morgan fingerprint density at radius 2 is 2.07 bits per heavy atom. The second kappa shape index (κ2) is 7.48. The summed E-state index contributed by atoms with van der Waals surface area (Å²) in [6.07, 6.45) is 7.02. The van der Waals surface area contributed by atoms with Crippen LogP contribution in [0.15, 0.2) is 36.7 Å². The minimum Gasteiger partial charge on any atom is -0.462 e. The van der Waals surface area contributed by atoms with Gasteiger partial charge in [-0.2, -0.15) is 9.97 Å². The van der Waals surface area contributed by atoms with Gasteiger partial charge in [-0.1, -0.05) is 24.3 Å². The number of pyridine rings is 1. The van der Waals surface area contributed by atoms with Crippen LogP contribution in [0.4, 0.5) is 11.5 Å². The second-order valence-corrected chi connectivity index (χ2v) is 7.96. The zero-order chi connectivity index (χ0) is 19.8. The van der Waals surface area contributed by atoms with Gasteiger partial charge in [0.15, 0.2) is 0 Å². The minimum absolute atomic E-state index is 0.388. The topological polar surface area (TPSA) is 80.4 Å². The van der Waals surface area contributed by atoms with Gasteiger partial charge in [-0.3, -0.25) is 4.98 Å². The summed E-state index contributed by atoms with van der Waals surface area (Å²) in [6.45, 7) is 3.27. The number of hydrogen-bond donors (Lipinski definition) is 1. The predicted molar refractivity (Wildman–Crippen MR) is 114 cm³/mol. The number of hydrogen-bond acceptors (Lipinski definition) is 7. The van der Waals surface area contributed by atoms with E-state index in [9.17, 15) is 0 Å². The van der Waals surface area contributed by atoms with Crippen molar-refractivity contribution < 1.29 is 4.74 Å². The van der Waals surface area contributed by atoms with Gasteiger partial charge < -0.3 is 20.3 Å². The number of nitrogens with zero attached hydrogens (tertiary/aromatic N) is 5. The third kappa shape index (κ3) is 3.46. The quantitative estimate of drug-likeness (QED) is 0.733. The molecule has 2 aliphatic rings. The number of anilines is 2. The normalized spacial score (nSPS) is 19.5. The molecule has 0 radical (unpaired) electrons. The van der Waals surface area contributed by atoms with Crippen LogP contribution in [-0.4, -0.2) is 52.6 Å². The molecular formula is C22H26N6O. The van der Waals surface area contributed by atoms with Crippen LogP contribution in [0.2, 0.25) is 0 Å². The Balaban J connectivity index is 1.39. The Bertz CT molecular complexity index is 1030. The molecule has 2 aromatic heterocycles. The van der Waals surface area contributed by atoms with Gasteiger partial charge in [-0.05, 0) is 32.9 Å². The van der Waals surface area contributed by atoms with Gasteiger partial charge in [-0.15, -0.1) is 0 Å². The van der Waals surface area contributed by atoms with E-state index >= 15 is 0 Å². The molecule has 7 heteroatoms. The summed E-state index contributed by atoms with van der Waals surface area (Å²) >= 11 is 0. The first-order valence-corrected chi connectivity index (χ1v) is 10.2. The van der Waals surface area contributed by atoms with Crippen LogP contribution in [0, 0.1) is 0 Å². The SMILES string of the molecule is CN1CCC[C@H]1COc1nc(N)c2c(n1)CN(c1cncc3ccccc13)CC2. The number of nitrogens with two attached hydrogens (primary N) is 1. The average molecular weight is 390 g/mol. The molecule has 1 saturated heterocycles. The third-order valence-electron chi connectivity index (χ3n) is 6.14. The lowest BCUT2D eigenvalue weighted by atomic mass is 10.0. The molecule has 1 atom stereocenters. The molecule has 0 bridgehead atoms. The second-order valence-electron chi connectivity index (χ2n) is 7.96. The molecule has 2 aliphatic heterocycles. The maximum Gasteiger partial charge on any atom is 0.318 e. The average Bonchev–Trinajstić information content (AvgIpc) is 3.16. The van der Waals surface area contributed by atoms with E-state index < -0.39 is 0 Å². The first kappa shape index (κ1) is 18.1. The maximum absolute atomic E-state index is 6.26. The van der Waals surface area contributed by atoms with Gasteiger partial charge in [0, 0.05) is 35.1 Å². The fourth-order valence-corrected chi connectivity index (χ4v) is 4.42. The minimum atomic E-state index is 0.388. The van der Waals surface area contributed by atoms with Gasteiger partial charge in [0.1, 0.15) is 12.4 Å². The fourth-order valence-electron chi connectivity index (χ4n) is 4.42. The fraction of sp³-hybridized carbons (Fsp3) is 0.409. The first-order valence-electron chi connectivity index (χ1n) is 10.2. The summed E-state index contributed by atoms with van der Waals surface area (Å²) in [5, 5.41) is 2.34. The van der Waals surface area contributed by atoms with Crippen molar-refractivity contribution in [1.29, 1.82) is 0 Å². The molecular weight excluding hydrogens is 364 g/mol. The molecule has 1 fully saturated rings. The molecule has 0 amide bonds. The lowest BCUT2D eigenvalue weighted by molar-refractivity contribution is 0.187. The van der Waals surface area contributed by atoms with E-state index in [0.717, 1.165) is 48.3 Å². The highest BCUT2D eigenvalue weighted by Crippen LogP contribution is 2.31. The smallest absolute Gasteiger partial charge is 0.318 e. The lowest BCUT2D eigenvalue weighted by Gasteiger charge is -2.31. The van der Waals surface area contributed by atoms with Crippen LogP contribution in [-0.2, 0) is 13.0 Å². The Morgan fingerprint density at radius 1 is 1.17 bits per heavy atom. The zero-order valence-electron chi connectivity index (χ0n) is 16.7. The molecule has 5 rings (SSSR count). The Kier molecular flexibility index (Phi) is 4.67. The molecule has 0 unspecified atom stereocenters. The summed E-state index contributed by atoms with van der Waals surface area (Å²) < 4.78 is 5.94. The number of fused-ring (bicyclic) bond motifs is 2. The van der Waals surface area contributed by atoms with Crippen LogP contribution < -0.4 is 15.4 Å². The number of likely N-dealkylation sites (tertiary alicyclic amines) is 1. The van der Waals surface area contributed by atoms with Crippen molar-refractivity contribution in [3.63, 3.8) is 0 Å². The van der Waals surface area contributed by atoms with Gasteiger partial charge >= 0.3 is 6.01 Å². The third-order valence-corrected chi connectivity index (χ3v) is 6.14. The van der Waals surface area contributed by atoms with Crippen molar-refractivity contribution in [3.8, 4) is 6.01 Å². The molecule has 29 heavy (non-hydrogen) atoms. The number of rotatable bonds is 4. The molecule has 0 saturated carbocycles. The van der Waals surface area contributed by atoms with E-state index in [0.29, 0.717) is 31.0 Å². The standard InChI is InChI=1S/C22H26N6O/c1-27-9-4-6-16(27)14-29-22-25-19-13-28(10-8-18(19)21(23)26-22)20-12-24-11-15-5-2-3-7-17(15)20/h2-3,5,7,11-12,16H,4,6,8-10,13-14H2,1H3,(H2,23,25,26)/t16-/m0/s1. The van der Waals surface area contributed by atoms with Gasteiger partial charge in [0.2, 0.25) is 0 Å². The number of benzene rings is 1. The highest BCUT2D eigenvalue weighted by atomic mass is 16.5. The van der Waals surface area contributed by atoms with Crippen LogP contribution in [0.5, 0.6) is 6.01 Å². The van der Waals surface area contributed by atoms with Crippen molar-refractivity contribution in [1.82, 2.24) is 19.9 Å². The van der Waals surface area contributed by atoms with Crippen LogP contribution in [0.1, 0.15) is 24.1 Å². The maximum atomic E-state index is 6.26. The largest absolute Gasteiger partial charge is 0.462 e. The van der Waals surface area contributed by atoms with E-state index in [4.69, 9.17) is 15.5 Å². The van der Waals surface area contributed by atoms with E-state index in [1.165, 1.54) is 11.8 Å². The molecule has 0 aliphatic carbocycles. The van der Waals surface area contributed by atoms with E-state index in [-0.39, 0.29) is 0 Å². The molecule has 150 valence electrons. The van der Waals surface area contributed by atoms with E-state index in [1.54, 1.807) is 0 Å². The Hall–Kier alpha value is -2.93. The van der Waals surface area contributed by atoms with Crippen molar-refractivity contribution >= 4 is 22.3 Å². The van der Waals surface area contributed by atoms with E-state index in [2.05, 4.69) is 45.0 Å². The predicted octanol–water partition coefficient (Wildman–Crippen LogP) is 2.64. The van der Waals surface area contributed by atoms with Crippen molar-refractivity contribution in [3.05, 3.63) is 47.9 Å². The summed E-state index contributed by atoms with van der Waals surface area (Å²) in [5.41, 5.74) is 9.37. The molecule has 2 N–H and O–H groups in total. The van der Waals surface area contributed by atoms with Crippen molar-refractivity contribution in [2.45, 2.75) is 31.8 Å². The molecule has 0 spiro atoms. The summed E-state index contributed by atoms with van der Waals surface area (Å²) in [4.78, 5) is 18.2. The number of likely N-dealkylation sites (N-methyl/N-ethyl adjacent to an activating group) is 1. The van der Waals surface area contributed by atoms with Gasteiger partial charge in [0.25, 0.3) is 0 Å². The summed E-state index contributed by atoms with van der Waals surface area (Å²) in [7, 11) is 2.14. The highest BCUT2D eigenvalue weighted by Gasteiger charge is 2.25. The highest BCUT2D eigenvalue weighted by molar-refractivity contribution is 5.93. The number of nitrogen functional groups attached to an aromatic ring is 1. The molecule has 4 heterocycles. The van der Waals surface area contributed by atoms with Crippen molar-refractivity contribution in [2.75, 3.05) is 37.4 Å². The first-order chi connectivity index (χ1) is 14.2. The Morgan fingerprint density at radius 3 is 2.93 bits per heavy atom. The number of aromatic nitrogens is 3. The summed E-state index contributed by atoms with van der Waals surface area (Å²) in [6, 6.07) is 9.15. The molecule has 7 nitrogen and oxygen atoms in total. The van der Waals surface area contributed by atoms with Crippen LogP contribution >= 0.6 is 0 Å². The number of ether oxygens (including phenoxy) is 1. The summed E-state index contributed by atoms with van der Waals surface area (Å²) in [5.74, 6) is 0.542. The van der Waals surface area contributed by atoms with E-state index in [1.807, 2.05) is 18.5 Å². The van der Waals surface area contributed by atoms with Crippen molar-refractivity contribution in [2.24, 2.45) is 0 Å². The van der Waals surface area contributed by atoms with Gasteiger partial charge in [-0.25, -0.2) is 0 Å². The van der Waals surface area contributed by atoms with Crippen LogP contribution in [0.25, 0.3) is 10.8 Å². The zero-order valence-corrected chi connectivity index (χ0v) is 16.7. The molecule has 3 aromatic rings. The monoisotopic (exact) mass is 390 g/mol. The Labute approximate surface area is 170 Å². The van der Waals surface area contributed by atoms with Gasteiger partial charge in [0.05, 0.1) is 24.1 Å². The van der Waals surface area contributed by atoms with Crippen LogP contribution in [0.3, 0.4) is 0 Å². The lowest BCUT2D eigenvalue weighted by Crippen LogP contribution is -2.33.